The van der Waals surface area contributed by atoms with Crippen LogP contribution in [0.3, 0.4) is 0 Å². The van der Waals surface area contributed by atoms with E-state index in [0.717, 1.165) is 11.3 Å². The minimum atomic E-state index is 1.03. The van der Waals surface area contributed by atoms with Crippen LogP contribution in [0, 0.1) is 7.05 Å². The number of nitrogens with two attached hydrogens (primary N) is 1. The molecule has 0 spiro atoms. The van der Waals surface area contributed by atoms with E-state index in [9.17, 15) is 0 Å². The van der Waals surface area contributed by atoms with Crippen LogP contribution >= 0.6 is 0 Å². The third kappa shape index (κ3) is 3.04. The summed E-state index contributed by atoms with van der Waals surface area (Å²) in [5.41, 5.74) is 4.56. The van der Waals surface area contributed by atoms with Gasteiger partial charge in [-0.3, -0.25) is 0 Å². The Morgan fingerprint density at radius 3 is 2.74 bits per heavy atom. The topological polar surface area (TPSA) is 21.5 Å². The first kappa shape index (κ1) is 13.4. The molecule has 0 saturated carbocycles. The lowest BCUT2D eigenvalue weighted by Gasteiger charge is -2.00. The Bertz CT molecular complexity index is 657. The summed E-state index contributed by atoms with van der Waals surface area (Å²) in [5, 5.41) is 3.12. The molecule has 0 saturated heterocycles. The first-order chi connectivity index (χ1) is 9.11. The lowest BCUT2D eigenvalue weighted by atomic mass is 10.1. The van der Waals surface area contributed by atoms with E-state index in [0.29, 0.717) is 0 Å². The van der Waals surface area contributed by atoms with Crippen molar-refractivity contribution < 1.29 is 5.32 Å². The molecule has 2 nitrogen and oxygen atoms in total. The van der Waals surface area contributed by atoms with E-state index in [1.165, 1.54) is 16.5 Å². The molecular formula is C17H20N2. The van der Waals surface area contributed by atoms with Crippen LogP contribution in [0.1, 0.15) is 12.5 Å². The van der Waals surface area contributed by atoms with Gasteiger partial charge in [0.2, 0.25) is 0 Å². The Balaban J connectivity index is 2.46. The van der Waals surface area contributed by atoms with Crippen LogP contribution in [0.4, 0.5) is 0 Å². The second-order valence-corrected chi connectivity index (χ2v) is 4.74. The number of allylic oxidation sites excluding steroid dienone is 3. The van der Waals surface area contributed by atoms with Crippen molar-refractivity contribution in [2.45, 2.75) is 6.92 Å². The molecule has 2 rings (SSSR count). The van der Waals surface area contributed by atoms with Crippen molar-refractivity contribution in [3.63, 3.8) is 0 Å². The second kappa shape index (κ2) is 5.72. The van der Waals surface area contributed by atoms with Gasteiger partial charge < -0.3 is 9.88 Å². The molecule has 2 aromatic rings. The molecule has 0 aliphatic rings. The van der Waals surface area contributed by atoms with E-state index in [1.807, 2.05) is 24.4 Å². The van der Waals surface area contributed by atoms with Crippen molar-refractivity contribution in [1.29, 1.82) is 0 Å². The Hall–Kier alpha value is -2.06. The number of fused-ring (bicyclic) bond motifs is 1. The summed E-state index contributed by atoms with van der Waals surface area (Å²) in [4.78, 5) is 0. The van der Waals surface area contributed by atoms with E-state index in [-0.39, 0.29) is 0 Å². The zero-order chi connectivity index (χ0) is 13.8. The van der Waals surface area contributed by atoms with Gasteiger partial charge in [-0.05, 0) is 19.1 Å². The molecule has 1 heterocycles. The lowest BCUT2D eigenvalue weighted by molar-refractivity contribution is -0.536. The largest absolute Gasteiger partial charge is 0.446 e. The minimum absolute atomic E-state index is 1.03. The van der Waals surface area contributed by atoms with Gasteiger partial charge in [0.1, 0.15) is 5.70 Å². The molecule has 1 aromatic carbocycles. The van der Waals surface area contributed by atoms with E-state index >= 15 is 0 Å². The minimum Gasteiger partial charge on any atom is -0.446 e. The van der Waals surface area contributed by atoms with Crippen LogP contribution in [0.5, 0.6) is 0 Å². The summed E-state index contributed by atoms with van der Waals surface area (Å²) in [6.07, 6.45) is 8.33. The van der Waals surface area contributed by atoms with Crippen molar-refractivity contribution in [3.8, 4) is 0 Å². The normalized spacial score (nSPS) is 12.5. The molecule has 0 fully saturated rings. The number of aromatic nitrogens is 1. The molecule has 0 aliphatic carbocycles. The van der Waals surface area contributed by atoms with Gasteiger partial charge in [-0.15, -0.1) is 7.05 Å². The number of nitrogens with zero attached hydrogens (tertiary/aromatic N) is 1. The summed E-state index contributed by atoms with van der Waals surface area (Å²) in [6, 6.07) is 8.40. The molecule has 2 heteroatoms. The average Bonchev–Trinajstić information content (AvgIpc) is 2.72. The van der Waals surface area contributed by atoms with Crippen molar-refractivity contribution in [1.82, 2.24) is 4.57 Å². The molecule has 98 valence electrons. The Kier molecular flexibility index (Phi) is 4.03. The third-order valence-electron chi connectivity index (χ3n) is 3.05. The molecule has 1 aromatic heterocycles. The molecule has 0 unspecified atom stereocenters. The van der Waals surface area contributed by atoms with Gasteiger partial charge in [-0.25, -0.2) is 0 Å². The zero-order valence-corrected chi connectivity index (χ0v) is 11.6. The van der Waals surface area contributed by atoms with Gasteiger partial charge in [-0.2, -0.15) is 0 Å². The summed E-state index contributed by atoms with van der Waals surface area (Å²) in [5.74, 6) is 0. The first-order valence-electron chi connectivity index (χ1n) is 6.33. The van der Waals surface area contributed by atoms with E-state index < -0.39 is 0 Å². The average molecular weight is 252 g/mol. The smallest absolute Gasteiger partial charge is 0.104 e. The number of benzene rings is 1. The highest BCUT2D eigenvalue weighted by Gasteiger charge is 2.04. The molecule has 2 N–H and O–H groups in total. The molecule has 0 radical (unpaired) electrons. The van der Waals surface area contributed by atoms with Gasteiger partial charge in [0.15, 0.2) is 0 Å². The van der Waals surface area contributed by atoms with Crippen LogP contribution in [-0.2, 0) is 7.05 Å². The molecular weight excluding hydrogens is 232 g/mol. The molecule has 0 aliphatic heterocycles. The predicted octanol–water partition coefficient (Wildman–Crippen LogP) is 3.01. The Labute approximate surface area is 114 Å². The SMILES string of the molecule is C=C(C)C=CC(=Cc1cn(C)c2ccccc12)[NH2+][CH2-]. The van der Waals surface area contributed by atoms with Crippen LogP contribution in [0.15, 0.2) is 60.5 Å². The van der Waals surface area contributed by atoms with Crippen molar-refractivity contribution in [3.05, 3.63) is 73.1 Å². The van der Waals surface area contributed by atoms with Crippen LogP contribution < -0.4 is 5.32 Å². The molecule has 0 atom stereocenters. The van der Waals surface area contributed by atoms with Gasteiger partial charge in [0.25, 0.3) is 0 Å². The van der Waals surface area contributed by atoms with E-state index in [4.69, 9.17) is 0 Å². The van der Waals surface area contributed by atoms with Crippen LogP contribution in [-0.4, -0.2) is 4.57 Å². The number of quaternary nitrogens is 1. The van der Waals surface area contributed by atoms with Gasteiger partial charge >= 0.3 is 0 Å². The lowest BCUT2D eigenvalue weighted by Crippen LogP contribution is -2.73. The predicted molar refractivity (Wildman–Crippen MR) is 82.1 cm³/mol. The van der Waals surface area contributed by atoms with E-state index in [1.54, 1.807) is 0 Å². The van der Waals surface area contributed by atoms with Gasteiger partial charge in [-0.1, -0.05) is 36.4 Å². The number of hydrogen-bond acceptors (Lipinski definition) is 0. The van der Waals surface area contributed by atoms with Gasteiger partial charge in [0.05, 0.1) is 0 Å². The number of rotatable bonds is 4. The van der Waals surface area contributed by atoms with Gasteiger partial charge in [0, 0.05) is 35.8 Å². The fraction of sp³-hybridized carbons (Fsp3) is 0.118. The quantitative estimate of drug-likeness (QED) is 0.638. The standard InChI is InChI=1S/C17H20N2/c1-13(2)9-10-15(18-3)11-14-12-19(4)17-8-6-5-7-16(14)17/h5-12H,1,3,18H2,2,4H3. The highest BCUT2D eigenvalue weighted by molar-refractivity contribution is 5.89. The number of para-hydroxylation sites is 1. The summed E-state index contributed by atoms with van der Waals surface area (Å²) >= 11 is 0. The third-order valence-corrected chi connectivity index (χ3v) is 3.05. The first-order valence-corrected chi connectivity index (χ1v) is 6.33. The number of aryl methyl sites for hydroxylation is 1. The Morgan fingerprint density at radius 1 is 1.32 bits per heavy atom. The number of hydrogen-bond donors (Lipinski definition) is 1. The second-order valence-electron chi connectivity index (χ2n) is 4.74. The zero-order valence-electron chi connectivity index (χ0n) is 11.6. The maximum Gasteiger partial charge on any atom is 0.104 e. The maximum absolute atomic E-state index is 3.87. The van der Waals surface area contributed by atoms with Crippen molar-refractivity contribution >= 4 is 17.0 Å². The fourth-order valence-electron chi connectivity index (χ4n) is 2.08. The van der Waals surface area contributed by atoms with Crippen molar-refractivity contribution in [2.24, 2.45) is 7.05 Å². The van der Waals surface area contributed by atoms with E-state index in [2.05, 4.69) is 61.8 Å². The van der Waals surface area contributed by atoms with Crippen molar-refractivity contribution in [2.75, 3.05) is 0 Å². The highest BCUT2D eigenvalue weighted by Crippen LogP contribution is 2.21. The van der Waals surface area contributed by atoms with Crippen LogP contribution in [0.25, 0.3) is 17.0 Å². The molecule has 0 bridgehead atoms. The monoisotopic (exact) mass is 252 g/mol. The summed E-state index contributed by atoms with van der Waals surface area (Å²) in [6.45, 7) is 5.85. The summed E-state index contributed by atoms with van der Waals surface area (Å²) < 4.78 is 2.14. The molecule has 0 amide bonds. The maximum atomic E-state index is 3.87. The summed E-state index contributed by atoms with van der Waals surface area (Å²) in [7, 11) is 5.93. The van der Waals surface area contributed by atoms with Crippen LogP contribution in [0.2, 0.25) is 0 Å². The fourth-order valence-corrected chi connectivity index (χ4v) is 2.08. The molecule has 19 heavy (non-hydrogen) atoms. The highest BCUT2D eigenvalue weighted by atomic mass is 14.9. The Morgan fingerprint density at radius 2 is 2.05 bits per heavy atom.